The number of benzene rings is 2. The van der Waals surface area contributed by atoms with Crippen molar-refractivity contribution in [3.05, 3.63) is 69.7 Å². The van der Waals surface area contributed by atoms with Crippen molar-refractivity contribution in [1.82, 2.24) is 5.43 Å². The normalized spacial score (nSPS) is 12.8. The predicted molar refractivity (Wildman–Crippen MR) is 88.2 cm³/mol. The SMILES string of the molecule is CC(=NNC(=O)C(O)c1ccccc1)c1ccc(Cl)c(Cl)c1. The van der Waals surface area contributed by atoms with Gasteiger partial charge in [-0.25, -0.2) is 5.43 Å². The van der Waals surface area contributed by atoms with Crippen LogP contribution in [-0.4, -0.2) is 16.7 Å². The number of aliphatic hydroxyl groups excluding tert-OH is 1. The van der Waals surface area contributed by atoms with E-state index in [2.05, 4.69) is 10.5 Å². The van der Waals surface area contributed by atoms with Gasteiger partial charge < -0.3 is 5.11 Å². The lowest BCUT2D eigenvalue weighted by Gasteiger charge is -2.09. The first-order valence-corrected chi connectivity index (χ1v) is 7.27. The van der Waals surface area contributed by atoms with E-state index in [-0.39, 0.29) is 0 Å². The Balaban J connectivity index is 2.07. The molecule has 0 saturated heterocycles. The molecule has 0 heterocycles. The van der Waals surface area contributed by atoms with Crippen LogP contribution in [-0.2, 0) is 4.79 Å². The van der Waals surface area contributed by atoms with Crippen LogP contribution in [0, 0.1) is 0 Å². The zero-order chi connectivity index (χ0) is 16.1. The number of rotatable bonds is 4. The smallest absolute Gasteiger partial charge is 0.273 e. The van der Waals surface area contributed by atoms with Gasteiger partial charge in [0.25, 0.3) is 5.91 Å². The highest BCUT2D eigenvalue weighted by Gasteiger charge is 2.16. The van der Waals surface area contributed by atoms with E-state index in [1.165, 1.54) is 0 Å². The highest BCUT2D eigenvalue weighted by Crippen LogP contribution is 2.22. The zero-order valence-electron chi connectivity index (χ0n) is 11.8. The Labute approximate surface area is 138 Å². The molecule has 2 aromatic rings. The molecule has 0 radical (unpaired) electrons. The molecule has 0 bridgehead atoms. The molecule has 22 heavy (non-hydrogen) atoms. The number of hydrogen-bond donors (Lipinski definition) is 2. The third-order valence-electron chi connectivity index (χ3n) is 3.03. The molecule has 1 amide bonds. The molecule has 0 aromatic heterocycles. The van der Waals surface area contributed by atoms with Gasteiger partial charge >= 0.3 is 0 Å². The van der Waals surface area contributed by atoms with Crippen LogP contribution >= 0.6 is 23.2 Å². The molecule has 2 rings (SSSR count). The maximum atomic E-state index is 11.9. The van der Waals surface area contributed by atoms with E-state index in [1.807, 2.05) is 0 Å². The Morgan fingerprint density at radius 3 is 2.45 bits per heavy atom. The average molecular weight is 337 g/mol. The van der Waals surface area contributed by atoms with Crippen molar-refractivity contribution >= 4 is 34.8 Å². The minimum absolute atomic E-state index is 0.407. The van der Waals surface area contributed by atoms with Gasteiger partial charge in [-0.1, -0.05) is 59.6 Å². The first-order valence-electron chi connectivity index (χ1n) is 6.51. The molecule has 0 fully saturated rings. The van der Waals surface area contributed by atoms with Crippen LogP contribution in [0.5, 0.6) is 0 Å². The maximum absolute atomic E-state index is 11.9. The van der Waals surface area contributed by atoms with Crippen LogP contribution in [0.15, 0.2) is 53.6 Å². The van der Waals surface area contributed by atoms with Gasteiger partial charge in [-0.05, 0) is 30.2 Å². The van der Waals surface area contributed by atoms with E-state index in [0.717, 1.165) is 5.56 Å². The van der Waals surface area contributed by atoms with Gasteiger partial charge in [-0.2, -0.15) is 5.10 Å². The molecule has 6 heteroatoms. The van der Waals surface area contributed by atoms with Crippen molar-refractivity contribution in [2.75, 3.05) is 0 Å². The van der Waals surface area contributed by atoms with Crippen molar-refractivity contribution in [1.29, 1.82) is 0 Å². The van der Waals surface area contributed by atoms with E-state index in [9.17, 15) is 9.90 Å². The summed E-state index contributed by atoms with van der Waals surface area (Å²) in [5.74, 6) is -0.606. The molecule has 0 spiro atoms. The highest BCUT2D eigenvalue weighted by atomic mass is 35.5. The largest absolute Gasteiger partial charge is 0.378 e. The van der Waals surface area contributed by atoms with Crippen LogP contribution in [0.1, 0.15) is 24.2 Å². The third-order valence-corrected chi connectivity index (χ3v) is 3.77. The summed E-state index contributed by atoms with van der Waals surface area (Å²) in [6.45, 7) is 1.72. The second kappa shape index (κ2) is 7.40. The minimum atomic E-state index is -1.27. The Hall–Kier alpha value is -1.88. The Morgan fingerprint density at radius 1 is 1.14 bits per heavy atom. The predicted octanol–water partition coefficient (Wildman–Crippen LogP) is 3.57. The van der Waals surface area contributed by atoms with E-state index in [1.54, 1.807) is 55.5 Å². The van der Waals surface area contributed by atoms with Gasteiger partial charge in [-0.3, -0.25) is 4.79 Å². The van der Waals surface area contributed by atoms with Crippen molar-refractivity contribution in [3.8, 4) is 0 Å². The van der Waals surface area contributed by atoms with Crippen LogP contribution < -0.4 is 5.43 Å². The molecule has 2 N–H and O–H groups in total. The fraction of sp³-hybridized carbons (Fsp3) is 0.125. The van der Waals surface area contributed by atoms with E-state index < -0.39 is 12.0 Å². The summed E-state index contributed by atoms with van der Waals surface area (Å²) in [4.78, 5) is 11.9. The Morgan fingerprint density at radius 2 is 1.82 bits per heavy atom. The summed E-state index contributed by atoms with van der Waals surface area (Å²) >= 11 is 11.8. The fourth-order valence-electron chi connectivity index (χ4n) is 1.77. The number of nitrogens with one attached hydrogen (secondary N) is 1. The zero-order valence-corrected chi connectivity index (χ0v) is 13.3. The van der Waals surface area contributed by atoms with E-state index >= 15 is 0 Å². The molecule has 0 aliphatic heterocycles. The van der Waals surface area contributed by atoms with Gasteiger partial charge in [0.2, 0.25) is 0 Å². The quantitative estimate of drug-likeness (QED) is 0.662. The van der Waals surface area contributed by atoms with Gasteiger partial charge in [0.15, 0.2) is 6.10 Å². The molecule has 1 unspecified atom stereocenters. The highest BCUT2D eigenvalue weighted by molar-refractivity contribution is 6.42. The van der Waals surface area contributed by atoms with Gasteiger partial charge in [0.1, 0.15) is 0 Å². The number of amides is 1. The van der Waals surface area contributed by atoms with Crippen LogP contribution in [0.2, 0.25) is 10.0 Å². The van der Waals surface area contributed by atoms with Gasteiger partial charge in [0, 0.05) is 0 Å². The Bertz CT molecular complexity index is 703. The lowest BCUT2D eigenvalue weighted by Crippen LogP contribution is -2.26. The Kier molecular flexibility index (Phi) is 5.55. The lowest BCUT2D eigenvalue weighted by molar-refractivity contribution is -0.129. The van der Waals surface area contributed by atoms with Gasteiger partial charge in [0.05, 0.1) is 15.8 Å². The molecule has 1 atom stereocenters. The fourth-order valence-corrected chi connectivity index (χ4v) is 2.07. The molecule has 0 saturated carbocycles. The molecule has 4 nitrogen and oxygen atoms in total. The number of carbonyl (C=O) groups excluding carboxylic acids is 1. The first-order chi connectivity index (χ1) is 10.5. The number of halogens is 2. The molecule has 2 aromatic carbocycles. The molecular weight excluding hydrogens is 323 g/mol. The molecule has 0 aliphatic rings. The van der Waals surface area contributed by atoms with E-state index in [0.29, 0.717) is 21.3 Å². The van der Waals surface area contributed by atoms with Crippen LogP contribution in [0.3, 0.4) is 0 Å². The summed E-state index contributed by atoms with van der Waals surface area (Å²) in [5.41, 5.74) is 4.11. The number of hydrogen-bond acceptors (Lipinski definition) is 3. The van der Waals surface area contributed by atoms with Crippen molar-refractivity contribution < 1.29 is 9.90 Å². The standard InChI is InChI=1S/C16H14Cl2N2O2/c1-10(12-7-8-13(17)14(18)9-12)19-20-16(22)15(21)11-5-3-2-4-6-11/h2-9,15,21H,1H3,(H,20,22). The summed E-state index contributed by atoms with van der Waals surface area (Å²) < 4.78 is 0. The van der Waals surface area contributed by atoms with E-state index in [4.69, 9.17) is 23.2 Å². The topological polar surface area (TPSA) is 61.7 Å². The molecular formula is C16H14Cl2N2O2. The summed E-state index contributed by atoms with van der Waals surface area (Å²) in [7, 11) is 0. The van der Waals surface area contributed by atoms with Crippen molar-refractivity contribution in [2.45, 2.75) is 13.0 Å². The van der Waals surface area contributed by atoms with Crippen LogP contribution in [0.25, 0.3) is 0 Å². The third kappa shape index (κ3) is 4.07. The maximum Gasteiger partial charge on any atom is 0.273 e. The second-order valence-corrected chi connectivity index (χ2v) is 5.43. The average Bonchev–Trinajstić information content (AvgIpc) is 2.54. The lowest BCUT2D eigenvalue weighted by atomic mass is 10.1. The minimum Gasteiger partial charge on any atom is -0.378 e. The number of nitrogens with zero attached hydrogens (tertiary/aromatic N) is 1. The monoisotopic (exact) mass is 336 g/mol. The van der Waals surface area contributed by atoms with Crippen molar-refractivity contribution in [2.24, 2.45) is 5.10 Å². The molecule has 0 aliphatic carbocycles. The first kappa shape index (κ1) is 16.5. The molecule has 114 valence electrons. The van der Waals surface area contributed by atoms with Crippen LogP contribution in [0.4, 0.5) is 0 Å². The van der Waals surface area contributed by atoms with Gasteiger partial charge in [-0.15, -0.1) is 0 Å². The van der Waals surface area contributed by atoms with Crippen molar-refractivity contribution in [3.63, 3.8) is 0 Å². The second-order valence-electron chi connectivity index (χ2n) is 4.62. The number of hydrazone groups is 1. The number of carbonyl (C=O) groups is 1. The number of aliphatic hydroxyl groups is 1. The summed E-state index contributed by atoms with van der Waals surface area (Å²) in [6, 6.07) is 13.7. The summed E-state index contributed by atoms with van der Waals surface area (Å²) in [5, 5.41) is 14.8. The summed E-state index contributed by atoms with van der Waals surface area (Å²) in [6.07, 6.45) is -1.27.